The zero-order valence-corrected chi connectivity index (χ0v) is 20.7. The van der Waals surface area contributed by atoms with Gasteiger partial charge in [-0.2, -0.15) is 0 Å². The smallest absolute Gasteiger partial charge is 0.191 e. The van der Waals surface area contributed by atoms with E-state index in [0.717, 1.165) is 63.7 Å². The summed E-state index contributed by atoms with van der Waals surface area (Å²) in [6, 6.07) is 6.94. The maximum absolute atomic E-state index is 13.4. The van der Waals surface area contributed by atoms with Crippen LogP contribution in [0.2, 0.25) is 0 Å². The summed E-state index contributed by atoms with van der Waals surface area (Å²) < 4.78 is 24.4. The average Bonchev–Trinajstić information content (AvgIpc) is 3.22. The molecule has 1 heterocycles. The summed E-state index contributed by atoms with van der Waals surface area (Å²) in [6.07, 6.45) is 8.01. The second-order valence-corrected chi connectivity index (χ2v) is 8.63. The van der Waals surface area contributed by atoms with Gasteiger partial charge >= 0.3 is 0 Å². The van der Waals surface area contributed by atoms with Crippen LogP contribution in [0.25, 0.3) is 0 Å². The Morgan fingerprint density at radius 2 is 1.70 bits per heavy atom. The van der Waals surface area contributed by atoms with Crippen molar-refractivity contribution in [1.82, 2.24) is 10.6 Å². The molecule has 1 saturated carbocycles. The summed E-state index contributed by atoms with van der Waals surface area (Å²) in [5.74, 6) is 0.640. The molecule has 0 spiro atoms. The van der Waals surface area contributed by atoms with E-state index in [1.165, 1.54) is 25.7 Å². The molecule has 0 atom stereocenters. The first-order valence-corrected chi connectivity index (χ1v) is 10.9. The topological polar surface area (TPSA) is 54.9 Å². The van der Waals surface area contributed by atoms with E-state index in [1.807, 2.05) is 19.2 Å². The molecule has 1 aromatic carbocycles. The van der Waals surface area contributed by atoms with Crippen LogP contribution >= 0.6 is 24.0 Å². The highest BCUT2D eigenvalue weighted by Gasteiger charge is 2.36. The molecule has 7 heteroatoms. The molecule has 3 rings (SSSR count). The molecule has 5 nitrogen and oxygen atoms in total. The highest BCUT2D eigenvalue weighted by molar-refractivity contribution is 14.0. The third-order valence-electron chi connectivity index (χ3n) is 6.86. The number of hydrogen-bond acceptors (Lipinski definition) is 3. The fraction of sp³-hybridized carbons (Fsp3) is 0.696. The number of halogens is 2. The van der Waals surface area contributed by atoms with E-state index >= 15 is 0 Å². The zero-order chi connectivity index (χ0) is 20.6. The first-order valence-electron chi connectivity index (χ1n) is 10.9. The number of nitrogens with one attached hydrogen (secondary N) is 2. The molecule has 30 heavy (non-hydrogen) atoms. The molecule has 1 aliphatic carbocycles. The molecule has 2 fully saturated rings. The third-order valence-corrected chi connectivity index (χ3v) is 6.86. The lowest BCUT2D eigenvalue weighted by Gasteiger charge is -2.38. The fourth-order valence-corrected chi connectivity index (χ4v) is 4.84. The largest absolute Gasteiger partial charge is 0.385 e. The molecule has 0 aromatic heterocycles. The molecule has 0 unspecified atom stereocenters. The van der Waals surface area contributed by atoms with Crippen LogP contribution in [0.5, 0.6) is 0 Å². The van der Waals surface area contributed by atoms with E-state index in [1.54, 1.807) is 19.2 Å². The Kier molecular flexibility index (Phi) is 10.3. The van der Waals surface area contributed by atoms with Gasteiger partial charge in [0, 0.05) is 52.5 Å². The van der Waals surface area contributed by atoms with Crippen molar-refractivity contribution in [3.63, 3.8) is 0 Å². The van der Waals surface area contributed by atoms with Crippen molar-refractivity contribution in [3.8, 4) is 0 Å². The van der Waals surface area contributed by atoms with Crippen LogP contribution in [0.4, 0.5) is 4.39 Å². The van der Waals surface area contributed by atoms with Crippen molar-refractivity contribution in [2.45, 2.75) is 50.4 Å². The third kappa shape index (κ3) is 6.53. The number of hydrogen-bond donors (Lipinski definition) is 2. The summed E-state index contributed by atoms with van der Waals surface area (Å²) in [5, 5.41) is 7.12. The molecule has 1 saturated heterocycles. The molecular formula is C23H37FIN3O2. The van der Waals surface area contributed by atoms with Crippen LogP contribution < -0.4 is 10.6 Å². The van der Waals surface area contributed by atoms with Crippen molar-refractivity contribution in [3.05, 3.63) is 35.6 Å². The lowest BCUT2D eigenvalue weighted by molar-refractivity contribution is 0.0513. The van der Waals surface area contributed by atoms with E-state index < -0.39 is 0 Å². The summed E-state index contributed by atoms with van der Waals surface area (Å²) in [7, 11) is 3.60. The summed E-state index contributed by atoms with van der Waals surface area (Å²) in [4.78, 5) is 4.46. The Bertz CT molecular complexity index is 657. The number of rotatable bonds is 8. The second-order valence-electron chi connectivity index (χ2n) is 8.63. The van der Waals surface area contributed by atoms with Crippen molar-refractivity contribution >= 4 is 29.9 Å². The van der Waals surface area contributed by atoms with E-state index in [-0.39, 0.29) is 35.2 Å². The Hall–Kier alpha value is -0.930. The van der Waals surface area contributed by atoms with Gasteiger partial charge in [-0.3, -0.25) is 4.99 Å². The van der Waals surface area contributed by atoms with E-state index in [9.17, 15) is 4.39 Å². The van der Waals surface area contributed by atoms with Gasteiger partial charge in [0.05, 0.1) is 0 Å². The molecule has 170 valence electrons. The second kappa shape index (κ2) is 12.2. The Morgan fingerprint density at radius 1 is 1.07 bits per heavy atom. The predicted molar refractivity (Wildman–Crippen MR) is 130 cm³/mol. The quantitative estimate of drug-likeness (QED) is 0.298. The van der Waals surface area contributed by atoms with Crippen LogP contribution in [-0.2, 0) is 14.9 Å². The van der Waals surface area contributed by atoms with Gasteiger partial charge in [0.25, 0.3) is 0 Å². The maximum atomic E-state index is 13.4. The minimum absolute atomic E-state index is 0. The average molecular weight is 533 g/mol. The molecule has 2 N–H and O–H groups in total. The Balaban J connectivity index is 0.00000320. The molecule has 1 aromatic rings. The van der Waals surface area contributed by atoms with Crippen LogP contribution in [0, 0.1) is 11.2 Å². The van der Waals surface area contributed by atoms with E-state index in [4.69, 9.17) is 9.47 Å². The summed E-state index contributed by atoms with van der Waals surface area (Å²) >= 11 is 0. The first kappa shape index (κ1) is 25.3. The zero-order valence-electron chi connectivity index (χ0n) is 18.3. The first-order chi connectivity index (χ1) is 14.1. The molecule has 1 aliphatic heterocycles. The van der Waals surface area contributed by atoms with Crippen molar-refractivity contribution in [2.24, 2.45) is 10.4 Å². The van der Waals surface area contributed by atoms with Crippen molar-refractivity contribution in [2.75, 3.05) is 47.1 Å². The molecule has 0 amide bonds. The van der Waals surface area contributed by atoms with Crippen LogP contribution in [0.15, 0.2) is 29.3 Å². The normalized spacial score (nSPS) is 20.4. The van der Waals surface area contributed by atoms with Gasteiger partial charge in [0.2, 0.25) is 0 Å². The molecule has 0 bridgehead atoms. The summed E-state index contributed by atoms with van der Waals surface area (Å²) in [6.45, 7) is 3.94. The highest BCUT2D eigenvalue weighted by Crippen LogP contribution is 2.40. The monoisotopic (exact) mass is 533 g/mol. The van der Waals surface area contributed by atoms with Gasteiger partial charge < -0.3 is 20.1 Å². The van der Waals surface area contributed by atoms with Gasteiger partial charge in [-0.05, 0) is 55.2 Å². The molecule has 0 radical (unpaired) electrons. The number of benzene rings is 1. The van der Waals surface area contributed by atoms with Crippen molar-refractivity contribution < 1.29 is 13.9 Å². The Morgan fingerprint density at radius 3 is 2.30 bits per heavy atom. The van der Waals surface area contributed by atoms with Gasteiger partial charge in [0.15, 0.2) is 5.96 Å². The minimum atomic E-state index is -0.195. The SMILES string of the molecule is CN=C(NCC1(CCOC)CCCC1)NCC1(c2ccc(F)cc2)CCOCC1.I. The maximum Gasteiger partial charge on any atom is 0.191 e. The van der Waals surface area contributed by atoms with Crippen molar-refractivity contribution in [1.29, 1.82) is 0 Å². The van der Waals surface area contributed by atoms with E-state index in [0.29, 0.717) is 5.41 Å². The standard InChI is InChI=1S/C23H36FN3O2.HI/c1-25-21(26-17-22(11-14-28-2)9-3-4-10-22)27-18-23(12-15-29-16-13-23)19-5-7-20(24)8-6-19;/h5-8H,3-4,9-18H2,1-2H3,(H2,25,26,27);1H. The predicted octanol–water partition coefficient (Wildman–Crippen LogP) is 4.25. The van der Waals surface area contributed by atoms with Crippen LogP contribution in [0.3, 0.4) is 0 Å². The summed E-state index contributed by atoms with van der Waals surface area (Å²) in [5.41, 5.74) is 1.41. The van der Waals surface area contributed by atoms with Gasteiger partial charge in [-0.25, -0.2) is 4.39 Å². The lowest BCUT2D eigenvalue weighted by Crippen LogP contribution is -2.49. The number of ether oxygens (including phenoxy) is 2. The number of methoxy groups -OCH3 is 1. The number of guanidine groups is 1. The number of aliphatic imine (C=N–C) groups is 1. The van der Waals surface area contributed by atoms with Gasteiger partial charge in [-0.15, -0.1) is 24.0 Å². The molecule has 2 aliphatic rings. The van der Waals surface area contributed by atoms with Crippen LogP contribution in [-0.4, -0.2) is 53.0 Å². The van der Waals surface area contributed by atoms with Gasteiger partial charge in [0.1, 0.15) is 5.82 Å². The Labute approximate surface area is 197 Å². The minimum Gasteiger partial charge on any atom is -0.385 e. The lowest BCUT2D eigenvalue weighted by atomic mass is 9.74. The number of nitrogens with zero attached hydrogens (tertiary/aromatic N) is 1. The molecular weight excluding hydrogens is 496 g/mol. The van der Waals surface area contributed by atoms with Gasteiger partial charge in [-0.1, -0.05) is 25.0 Å². The highest BCUT2D eigenvalue weighted by atomic mass is 127. The fourth-order valence-electron chi connectivity index (χ4n) is 4.84. The van der Waals surface area contributed by atoms with Crippen LogP contribution in [0.1, 0.15) is 50.5 Å². The van der Waals surface area contributed by atoms with E-state index in [2.05, 4.69) is 15.6 Å².